The van der Waals surface area contributed by atoms with Crippen LogP contribution in [-0.2, 0) is 9.59 Å². The van der Waals surface area contributed by atoms with Crippen molar-refractivity contribution in [2.45, 2.75) is 42.8 Å². The van der Waals surface area contributed by atoms with Crippen LogP contribution in [-0.4, -0.2) is 41.6 Å². The predicted octanol–water partition coefficient (Wildman–Crippen LogP) is 3.69. The third kappa shape index (κ3) is 5.48. The Hall–Kier alpha value is -1.01. The van der Waals surface area contributed by atoms with Crippen molar-refractivity contribution in [3.8, 4) is 0 Å². The van der Waals surface area contributed by atoms with Gasteiger partial charge in [0.2, 0.25) is 11.8 Å². The van der Waals surface area contributed by atoms with Crippen molar-refractivity contribution in [1.82, 2.24) is 10.2 Å². The molecule has 1 N–H and O–H groups in total. The van der Waals surface area contributed by atoms with Crippen LogP contribution in [0.2, 0.25) is 0 Å². The Balaban J connectivity index is 1.51. The minimum Gasteiger partial charge on any atom is -0.356 e. The van der Waals surface area contributed by atoms with E-state index in [2.05, 4.69) is 21.2 Å². The number of likely N-dealkylation sites (tertiary alicyclic amines) is 1. The number of carbonyl (C=O) groups is 2. The molecule has 0 aromatic heterocycles. The largest absolute Gasteiger partial charge is 0.356 e. The van der Waals surface area contributed by atoms with Crippen LogP contribution in [0.25, 0.3) is 0 Å². The first kappa shape index (κ1) is 18.8. The summed E-state index contributed by atoms with van der Waals surface area (Å²) >= 11 is 5.00. The lowest BCUT2D eigenvalue weighted by Gasteiger charge is -2.33. The number of hydrogen-bond acceptors (Lipinski definition) is 3. The number of piperidine rings is 1. The minimum absolute atomic E-state index is 0.0543. The number of rotatable bonds is 6. The standard InChI is InChI=1S/C19H25BrN2O2S/c1-13(25-17-8-6-16(20)7-9-17)19(24)22-10-2-3-15(12-22)18(23)21-11-14-4-5-14/h6-9,13-15H,2-5,10-12H2,1H3,(H,21,23). The fraction of sp³-hybridized carbons (Fsp3) is 0.579. The average Bonchev–Trinajstić information content (AvgIpc) is 3.45. The topological polar surface area (TPSA) is 49.4 Å². The van der Waals surface area contributed by atoms with E-state index < -0.39 is 0 Å². The lowest BCUT2D eigenvalue weighted by molar-refractivity contribution is -0.135. The molecular weight excluding hydrogens is 400 g/mol. The third-order valence-electron chi connectivity index (χ3n) is 4.84. The Bertz CT molecular complexity index is 618. The number of nitrogens with zero attached hydrogens (tertiary/aromatic N) is 1. The van der Waals surface area contributed by atoms with Crippen LogP contribution in [0, 0.1) is 11.8 Å². The molecule has 1 heterocycles. The van der Waals surface area contributed by atoms with Gasteiger partial charge in [0.15, 0.2) is 0 Å². The van der Waals surface area contributed by atoms with E-state index in [-0.39, 0.29) is 23.0 Å². The van der Waals surface area contributed by atoms with Gasteiger partial charge in [-0.05, 0) is 62.8 Å². The van der Waals surface area contributed by atoms with Crippen molar-refractivity contribution in [3.05, 3.63) is 28.7 Å². The van der Waals surface area contributed by atoms with Crippen molar-refractivity contribution in [2.24, 2.45) is 11.8 Å². The van der Waals surface area contributed by atoms with Gasteiger partial charge in [-0.2, -0.15) is 0 Å². The fourth-order valence-electron chi connectivity index (χ4n) is 3.13. The van der Waals surface area contributed by atoms with Crippen molar-refractivity contribution in [3.63, 3.8) is 0 Å². The molecule has 4 nitrogen and oxygen atoms in total. The molecule has 1 saturated heterocycles. The number of halogens is 1. The molecule has 2 aliphatic rings. The Kier molecular flexibility index (Phi) is 6.44. The summed E-state index contributed by atoms with van der Waals surface area (Å²) in [5, 5.41) is 2.92. The van der Waals surface area contributed by atoms with Gasteiger partial charge < -0.3 is 10.2 Å². The van der Waals surface area contributed by atoms with Gasteiger partial charge in [0.05, 0.1) is 11.2 Å². The second kappa shape index (κ2) is 8.58. The van der Waals surface area contributed by atoms with Gasteiger partial charge in [0, 0.05) is 29.0 Å². The fourth-order valence-corrected chi connectivity index (χ4v) is 4.34. The van der Waals surface area contributed by atoms with Gasteiger partial charge in [-0.1, -0.05) is 15.9 Å². The van der Waals surface area contributed by atoms with Gasteiger partial charge >= 0.3 is 0 Å². The highest BCUT2D eigenvalue weighted by Gasteiger charge is 2.31. The van der Waals surface area contributed by atoms with E-state index in [9.17, 15) is 9.59 Å². The van der Waals surface area contributed by atoms with Crippen molar-refractivity contribution in [2.75, 3.05) is 19.6 Å². The van der Waals surface area contributed by atoms with E-state index in [1.165, 1.54) is 12.8 Å². The molecule has 2 unspecified atom stereocenters. The maximum Gasteiger partial charge on any atom is 0.235 e. The summed E-state index contributed by atoms with van der Waals surface area (Å²) in [5.41, 5.74) is 0. The van der Waals surface area contributed by atoms with Crippen LogP contribution in [0.5, 0.6) is 0 Å². The van der Waals surface area contributed by atoms with Gasteiger partial charge in [0.1, 0.15) is 0 Å². The quantitative estimate of drug-likeness (QED) is 0.708. The molecule has 1 aromatic carbocycles. The minimum atomic E-state index is -0.144. The van der Waals surface area contributed by atoms with Gasteiger partial charge in [-0.3, -0.25) is 9.59 Å². The van der Waals surface area contributed by atoms with Crippen LogP contribution in [0.15, 0.2) is 33.6 Å². The molecule has 6 heteroatoms. The molecule has 1 saturated carbocycles. The van der Waals surface area contributed by atoms with Crippen LogP contribution >= 0.6 is 27.7 Å². The molecule has 0 bridgehead atoms. The summed E-state index contributed by atoms with van der Waals surface area (Å²) in [6.45, 7) is 4.07. The lowest BCUT2D eigenvalue weighted by atomic mass is 9.97. The van der Waals surface area contributed by atoms with E-state index in [1.807, 2.05) is 36.1 Å². The van der Waals surface area contributed by atoms with Gasteiger partial charge in [-0.15, -0.1) is 11.8 Å². The molecule has 1 aliphatic carbocycles. The number of amides is 2. The molecule has 2 fully saturated rings. The highest BCUT2D eigenvalue weighted by atomic mass is 79.9. The summed E-state index contributed by atoms with van der Waals surface area (Å²) < 4.78 is 1.03. The van der Waals surface area contributed by atoms with E-state index in [0.717, 1.165) is 35.3 Å². The number of nitrogens with one attached hydrogen (secondary N) is 1. The zero-order valence-corrected chi connectivity index (χ0v) is 16.9. The van der Waals surface area contributed by atoms with Gasteiger partial charge in [-0.25, -0.2) is 0 Å². The van der Waals surface area contributed by atoms with Gasteiger partial charge in [0.25, 0.3) is 0 Å². The van der Waals surface area contributed by atoms with Crippen LogP contribution in [0.4, 0.5) is 0 Å². The molecule has 1 aromatic rings. The highest BCUT2D eigenvalue weighted by molar-refractivity contribution is 9.10. The average molecular weight is 425 g/mol. The van der Waals surface area contributed by atoms with E-state index in [1.54, 1.807) is 11.8 Å². The maximum atomic E-state index is 12.8. The molecule has 0 radical (unpaired) electrons. The molecule has 25 heavy (non-hydrogen) atoms. The second-order valence-corrected chi connectivity index (χ2v) is 9.36. The summed E-state index contributed by atoms with van der Waals surface area (Å²) in [5.74, 6) is 0.888. The van der Waals surface area contributed by atoms with E-state index in [0.29, 0.717) is 12.5 Å². The normalized spacial score (nSPS) is 21.7. The summed E-state index contributed by atoms with van der Waals surface area (Å²) in [6.07, 6.45) is 4.26. The lowest BCUT2D eigenvalue weighted by Crippen LogP contribution is -2.47. The van der Waals surface area contributed by atoms with Crippen LogP contribution in [0.1, 0.15) is 32.6 Å². The summed E-state index contributed by atoms with van der Waals surface area (Å²) in [7, 11) is 0. The Morgan fingerprint density at radius 2 is 2.00 bits per heavy atom. The smallest absolute Gasteiger partial charge is 0.235 e. The molecule has 3 rings (SSSR count). The number of carbonyl (C=O) groups excluding carboxylic acids is 2. The zero-order valence-electron chi connectivity index (χ0n) is 14.5. The number of benzene rings is 1. The van der Waals surface area contributed by atoms with Crippen molar-refractivity contribution >= 4 is 39.5 Å². The molecule has 2 atom stereocenters. The van der Waals surface area contributed by atoms with E-state index >= 15 is 0 Å². The van der Waals surface area contributed by atoms with Crippen molar-refractivity contribution < 1.29 is 9.59 Å². The third-order valence-corrected chi connectivity index (χ3v) is 6.47. The monoisotopic (exact) mass is 424 g/mol. The van der Waals surface area contributed by atoms with Crippen molar-refractivity contribution in [1.29, 1.82) is 0 Å². The molecular formula is C19H25BrN2O2S. The highest BCUT2D eigenvalue weighted by Crippen LogP contribution is 2.29. The Morgan fingerprint density at radius 3 is 2.68 bits per heavy atom. The maximum absolute atomic E-state index is 12.8. The second-order valence-electron chi connectivity index (χ2n) is 7.03. The first-order chi connectivity index (χ1) is 12.0. The summed E-state index contributed by atoms with van der Waals surface area (Å²) in [6, 6.07) is 8.01. The Labute approximate surface area is 162 Å². The first-order valence-electron chi connectivity index (χ1n) is 9.01. The SMILES string of the molecule is CC(Sc1ccc(Br)cc1)C(=O)N1CCCC(C(=O)NCC2CC2)C1. The molecule has 136 valence electrons. The summed E-state index contributed by atoms with van der Waals surface area (Å²) in [4.78, 5) is 28.1. The number of hydrogen-bond donors (Lipinski definition) is 1. The Morgan fingerprint density at radius 1 is 1.28 bits per heavy atom. The zero-order chi connectivity index (χ0) is 17.8. The molecule has 2 amide bonds. The van der Waals surface area contributed by atoms with Crippen LogP contribution < -0.4 is 5.32 Å². The van der Waals surface area contributed by atoms with E-state index in [4.69, 9.17) is 0 Å². The number of thioether (sulfide) groups is 1. The first-order valence-corrected chi connectivity index (χ1v) is 10.7. The van der Waals surface area contributed by atoms with Crippen LogP contribution in [0.3, 0.4) is 0 Å². The molecule has 1 aliphatic heterocycles. The molecule has 0 spiro atoms. The predicted molar refractivity (Wildman–Crippen MR) is 104 cm³/mol.